The lowest BCUT2D eigenvalue weighted by atomic mass is 9.84. The molecule has 2 aromatic carbocycles. The normalized spacial score (nSPS) is 20.0. The summed E-state index contributed by atoms with van der Waals surface area (Å²) >= 11 is 14.1. The van der Waals surface area contributed by atoms with Gasteiger partial charge in [0.25, 0.3) is 0 Å². The summed E-state index contributed by atoms with van der Waals surface area (Å²) < 4.78 is 0. The molecule has 2 aliphatic heterocycles. The van der Waals surface area contributed by atoms with Crippen molar-refractivity contribution in [3.63, 3.8) is 0 Å². The van der Waals surface area contributed by atoms with Crippen molar-refractivity contribution < 1.29 is 0 Å². The first kappa shape index (κ1) is 23.3. The topological polar surface area (TPSA) is 54.0 Å². The van der Waals surface area contributed by atoms with Gasteiger partial charge in [0.05, 0.1) is 0 Å². The number of nitrogens with two attached hydrogens (primary N) is 1. The molecule has 7 heteroatoms. The SMILES string of the molecule is C#C.CS/C=C\CC1(c2cccc(-c3cc(Cl)cc(Cl)c3)c2)N=C(N)N2CCCN=C21. The first-order valence-corrected chi connectivity index (χ1v) is 11.8. The molecule has 31 heavy (non-hydrogen) atoms. The lowest BCUT2D eigenvalue weighted by molar-refractivity contribution is 0.511. The van der Waals surface area contributed by atoms with Crippen molar-refractivity contribution in [1.29, 1.82) is 0 Å². The molecule has 0 amide bonds. The van der Waals surface area contributed by atoms with Gasteiger partial charge in [-0.1, -0.05) is 47.5 Å². The molecular weight excluding hydrogens is 447 g/mol. The number of nitrogens with zero attached hydrogens (tertiary/aromatic N) is 3. The number of aliphatic imine (C=N–C) groups is 2. The van der Waals surface area contributed by atoms with E-state index in [0.29, 0.717) is 22.4 Å². The van der Waals surface area contributed by atoms with Gasteiger partial charge < -0.3 is 5.73 Å². The van der Waals surface area contributed by atoms with E-state index in [4.69, 9.17) is 38.9 Å². The Kier molecular flexibility index (Phi) is 7.72. The summed E-state index contributed by atoms with van der Waals surface area (Å²) in [4.78, 5) is 11.9. The second-order valence-electron chi connectivity index (χ2n) is 7.09. The Hall–Kier alpha value is -2.39. The van der Waals surface area contributed by atoms with Gasteiger partial charge in [-0.2, -0.15) is 0 Å². The fourth-order valence-electron chi connectivity index (χ4n) is 3.93. The molecule has 2 aliphatic rings. The molecule has 0 spiro atoms. The van der Waals surface area contributed by atoms with Crippen LogP contribution in [0.4, 0.5) is 0 Å². The quantitative estimate of drug-likeness (QED) is 0.561. The number of hydrogen-bond donors (Lipinski definition) is 1. The molecule has 0 fully saturated rings. The van der Waals surface area contributed by atoms with Gasteiger partial charge in [-0.3, -0.25) is 9.89 Å². The summed E-state index contributed by atoms with van der Waals surface area (Å²) in [5.74, 6) is 1.48. The molecule has 0 radical (unpaired) electrons. The maximum absolute atomic E-state index is 6.33. The molecular formula is C24H24Cl2N4S. The van der Waals surface area contributed by atoms with E-state index in [0.717, 1.165) is 42.0 Å². The Morgan fingerprint density at radius 1 is 1.16 bits per heavy atom. The zero-order chi connectivity index (χ0) is 22.4. The zero-order valence-electron chi connectivity index (χ0n) is 17.3. The third-order valence-electron chi connectivity index (χ3n) is 5.19. The number of thioether (sulfide) groups is 1. The van der Waals surface area contributed by atoms with E-state index in [9.17, 15) is 0 Å². The average molecular weight is 471 g/mol. The van der Waals surface area contributed by atoms with Crippen LogP contribution in [0.3, 0.4) is 0 Å². The molecule has 0 saturated heterocycles. The summed E-state index contributed by atoms with van der Waals surface area (Å²) in [6, 6.07) is 13.9. The Bertz CT molecular complexity index is 1040. The van der Waals surface area contributed by atoms with E-state index in [1.54, 1.807) is 17.8 Å². The standard InChI is InChI=1S/C22H22Cl2N4S.C2H2/c1-29-10-3-7-22(20-26-8-4-9-28(20)21(25)27-22)17-6-2-5-15(11-17)16-12-18(23)14-19(24)13-16;1-2/h2-3,5-6,10-14H,4,7-9H2,1H3,(H2,25,27);1-2H/b10-3-;. The largest absolute Gasteiger partial charge is 0.369 e. The maximum Gasteiger partial charge on any atom is 0.198 e. The number of terminal acetylenes is 1. The molecule has 1 unspecified atom stereocenters. The molecule has 0 aliphatic carbocycles. The third kappa shape index (κ3) is 4.77. The van der Waals surface area contributed by atoms with Crippen LogP contribution in [0, 0.1) is 12.8 Å². The van der Waals surface area contributed by atoms with Gasteiger partial charge in [0.1, 0.15) is 5.84 Å². The first-order chi connectivity index (χ1) is 15.0. The fraction of sp³-hybridized carbons (Fsp3) is 0.250. The highest BCUT2D eigenvalue weighted by Gasteiger charge is 2.46. The second kappa shape index (κ2) is 10.3. The van der Waals surface area contributed by atoms with Gasteiger partial charge in [-0.15, -0.1) is 24.6 Å². The Balaban J connectivity index is 0.00000132. The molecule has 4 rings (SSSR count). The van der Waals surface area contributed by atoms with Crippen LogP contribution in [0.2, 0.25) is 10.0 Å². The van der Waals surface area contributed by atoms with E-state index >= 15 is 0 Å². The molecule has 1 atom stereocenters. The van der Waals surface area contributed by atoms with Crippen molar-refractivity contribution in [3.05, 3.63) is 69.6 Å². The van der Waals surface area contributed by atoms with Gasteiger partial charge in [-0.05, 0) is 59.0 Å². The highest BCUT2D eigenvalue weighted by atomic mass is 35.5. The molecule has 0 saturated carbocycles. The average Bonchev–Trinajstić information content (AvgIpc) is 3.08. The van der Waals surface area contributed by atoms with Crippen LogP contribution in [-0.4, -0.2) is 36.0 Å². The van der Waals surface area contributed by atoms with Crippen molar-refractivity contribution >= 4 is 46.8 Å². The van der Waals surface area contributed by atoms with E-state index in [-0.39, 0.29) is 0 Å². The Labute approximate surface area is 198 Å². The molecule has 0 bridgehead atoms. The second-order valence-corrected chi connectivity index (χ2v) is 8.71. The van der Waals surface area contributed by atoms with E-state index < -0.39 is 5.54 Å². The lowest BCUT2D eigenvalue weighted by Gasteiger charge is -2.32. The van der Waals surface area contributed by atoms with Crippen molar-refractivity contribution in [3.8, 4) is 24.0 Å². The maximum atomic E-state index is 6.33. The van der Waals surface area contributed by atoms with E-state index in [2.05, 4.69) is 47.4 Å². The number of halogens is 2. The van der Waals surface area contributed by atoms with Crippen LogP contribution in [0.1, 0.15) is 18.4 Å². The first-order valence-electron chi connectivity index (χ1n) is 9.79. The highest BCUT2D eigenvalue weighted by molar-refractivity contribution is 8.01. The molecule has 2 heterocycles. The number of benzene rings is 2. The van der Waals surface area contributed by atoms with Crippen LogP contribution in [0.15, 0.2) is 63.9 Å². The summed E-state index contributed by atoms with van der Waals surface area (Å²) in [6.07, 6.45) is 13.9. The van der Waals surface area contributed by atoms with Gasteiger partial charge in [-0.25, -0.2) is 4.99 Å². The summed E-state index contributed by atoms with van der Waals surface area (Å²) in [5.41, 5.74) is 8.77. The van der Waals surface area contributed by atoms with Gasteiger partial charge in [0.2, 0.25) is 0 Å². The minimum Gasteiger partial charge on any atom is -0.369 e. The van der Waals surface area contributed by atoms with Gasteiger partial charge >= 0.3 is 0 Å². The van der Waals surface area contributed by atoms with Crippen LogP contribution in [-0.2, 0) is 5.54 Å². The number of guanidine groups is 1. The molecule has 160 valence electrons. The van der Waals surface area contributed by atoms with E-state index in [1.807, 2.05) is 24.5 Å². The van der Waals surface area contributed by atoms with Crippen LogP contribution in [0.25, 0.3) is 11.1 Å². The predicted molar refractivity (Wildman–Crippen MR) is 136 cm³/mol. The third-order valence-corrected chi connectivity index (χ3v) is 6.09. The smallest absolute Gasteiger partial charge is 0.198 e. The van der Waals surface area contributed by atoms with Gasteiger partial charge in [0.15, 0.2) is 11.5 Å². The van der Waals surface area contributed by atoms with Gasteiger partial charge in [0, 0.05) is 29.6 Å². The number of amidine groups is 1. The van der Waals surface area contributed by atoms with Crippen molar-refractivity contribution in [2.45, 2.75) is 18.4 Å². The highest BCUT2D eigenvalue weighted by Crippen LogP contribution is 2.40. The van der Waals surface area contributed by atoms with Crippen molar-refractivity contribution in [2.75, 3.05) is 19.3 Å². The fourth-order valence-corrected chi connectivity index (χ4v) is 4.74. The molecule has 2 N–H and O–H groups in total. The summed E-state index contributed by atoms with van der Waals surface area (Å²) in [6.45, 7) is 1.65. The molecule has 4 nitrogen and oxygen atoms in total. The van der Waals surface area contributed by atoms with Crippen LogP contribution >= 0.6 is 35.0 Å². The Morgan fingerprint density at radius 2 is 1.90 bits per heavy atom. The summed E-state index contributed by atoms with van der Waals surface area (Å²) in [7, 11) is 0. The number of hydrogen-bond acceptors (Lipinski definition) is 5. The zero-order valence-corrected chi connectivity index (χ0v) is 19.6. The van der Waals surface area contributed by atoms with Crippen molar-refractivity contribution in [1.82, 2.24) is 4.90 Å². The number of fused-ring (bicyclic) bond motifs is 1. The summed E-state index contributed by atoms with van der Waals surface area (Å²) in [5, 5.41) is 3.31. The predicted octanol–water partition coefficient (Wildman–Crippen LogP) is 5.80. The minimum absolute atomic E-state index is 0.539. The monoisotopic (exact) mass is 470 g/mol. The molecule has 2 aromatic rings. The lowest BCUT2D eigenvalue weighted by Crippen LogP contribution is -2.45. The van der Waals surface area contributed by atoms with Crippen LogP contribution < -0.4 is 5.73 Å². The van der Waals surface area contributed by atoms with Crippen molar-refractivity contribution in [2.24, 2.45) is 15.7 Å². The molecule has 0 aromatic heterocycles. The van der Waals surface area contributed by atoms with Crippen LogP contribution in [0.5, 0.6) is 0 Å². The minimum atomic E-state index is -0.616. The Morgan fingerprint density at radius 3 is 2.61 bits per heavy atom. The number of rotatable bonds is 5. The van der Waals surface area contributed by atoms with E-state index in [1.165, 1.54) is 0 Å².